The number of nitrogens with one attached hydrogen (secondary N) is 1. The zero-order chi connectivity index (χ0) is 21.6. The molecule has 2 aliphatic rings. The van der Waals surface area contributed by atoms with Crippen LogP contribution < -0.4 is 5.32 Å². The molecular weight excluding hydrogens is 388 g/mol. The van der Waals surface area contributed by atoms with Crippen LogP contribution in [0, 0.1) is 5.92 Å². The van der Waals surface area contributed by atoms with Crippen molar-refractivity contribution in [2.45, 2.75) is 45.1 Å². The first-order chi connectivity index (χ1) is 15.1. The van der Waals surface area contributed by atoms with Crippen LogP contribution in [0.1, 0.15) is 48.7 Å². The van der Waals surface area contributed by atoms with Crippen LogP contribution in [-0.4, -0.2) is 58.8 Å². The van der Waals surface area contributed by atoms with Gasteiger partial charge in [0.15, 0.2) is 5.78 Å². The Bertz CT molecular complexity index is 889. The minimum absolute atomic E-state index is 0.00371. The minimum atomic E-state index is -0.0421. The summed E-state index contributed by atoms with van der Waals surface area (Å²) in [7, 11) is 0. The van der Waals surface area contributed by atoms with Gasteiger partial charge in [-0.2, -0.15) is 0 Å². The number of piperidine rings is 1. The summed E-state index contributed by atoms with van der Waals surface area (Å²) in [5.41, 5.74) is 2.44. The number of urea groups is 1. The van der Waals surface area contributed by atoms with Gasteiger partial charge in [0, 0.05) is 61.8 Å². The molecule has 1 N–H and O–H groups in total. The van der Waals surface area contributed by atoms with Gasteiger partial charge in [-0.05, 0) is 62.8 Å². The molecule has 0 atom stereocenters. The van der Waals surface area contributed by atoms with Crippen LogP contribution in [0.5, 0.6) is 0 Å². The average molecular weight is 421 g/mol. The van der Waals surface area contributed by atoms with Crippen molar-refractivity contribution < 1.29 is 9.59 Å². The number of nitrogens with zero attached hydrogens (tertiary/aromatic N) is 3. The van der Waals surface area contributed by atoms with Crippen molar-refractivity contribution in [3.63, 3.8) is 0 Å². The van der Waals surface area contributed by atoms with Crippen LogP contribution >= 0.6 is 0 Å². The molecule has 1 aromatic carbocycles. The molecule has 164 valence electrons. The number of carbonyl (C=O) groups excluding carboxylic acids is 2. The molecule has 0 unspecified atom stereocenters. The largest absolute Gasteiger partial charge is 0.322 e. The number of hydrogen-bond donors (Lipinski definition) is 1. The van der Waals surface area contributed by atoms with Gasteiger partial charge in [0.2, 0.25) is 0 Å². The van der Waals surface area contributed by atoms with Gasteiger partial charge in [-0.3, -0.25) is 9.78 Å². The Morgan fingerprint density at radius 3 is 2.58 bits per heavy atom. The van der Waals surface area contributed by atoms with E-state index in [2.05, 4.69) is 21.3 Å². The molecule has 1 aliphatic carbocycles. The van der Waals surface area contributed by atoms with Crippen molar-refractivity contribution in [3.05, 3.63) is 59.9 Å². The lowest BCUT2D eigenvalue weighted by atomic mass is 10.0. The maximum Gasteiger partial charge on any atom is 0.322 e. The van der Waals surface area contributed by atoms with Crippen LogP contribution in [0.15, 0.2) is 48.7 Å². The number of carbonyl (C=O) groups is 2. The minimum Gasteiger partial charge on any atom is -0.321 e. The molecule has 0 spiro atoms. The highest BCUT2D eigenvalue weighted by Crippen LogP contribution is 2.32. The van der Waals surface area contributed by atoms with Gasteiger partial charge in [0.05, 0.1) is 0 Å². The Hall–Kier alpha value is -2.73. The number of aromatic nitrogens is 1. The Morgan fingerprint density at radius 1 is 1.10 bits per heavy atom. The van der Waals surface area contributed by atoms with Gasteiger partial charge in [-0.25, -0.2) is 4.79 Å². The first-order valence-corrected chi connectivity index (χ1v) is 11.4. The first-order valence-electron chi connectivity index (χ1n) is 11.4. The predicted octanol–water partition coefficient (Wildman–Crippen LogP) is 4.24. The quantitative estimate of drug-likeness (QED) is 0.649. The molecule has 6 nitrogen and oxygen atoms in total. The van der Waals surface area contributed by atoms with E-state index in [1.54, 1.807) is 19.1 Å². The van der Waals surface area contributed by atoms with E-state index in [9.17, 15) is 9.59 Å². The molecule has 1 aromatic heterocycles. The standard InChI is InChI=1S/C25H32N4O2/c1-19(30)21-5-4-7-23(17-21)27-25(31)29(18-20-8-9-20)24-11-15-28(16-12-24)14-10-22-6-2-3-13-26-22/h2-7,13,17,20,24H,8-12,14-16,18H2,1H3,(H,27,31). The van der Waals surface area contributed by atoms with E-state index in [1.807, 2.05) is 35.4 Å². The van der Waals surface area contributed by atoms with Crippen LogP contribution in [0.25, 0.3) is 0 Å². The van der Waals surface area contributed by atoms with Gasteiger partial charge in [0.25, 0.3) is 0 Å². The number of amides is 2. The SMILES string of the molecule is CC(=O)c1cccc(NC(=O)N(CC2CC2)C2CCN(CCc3ccccn3)CC2)c1. The van der Waals surface area contributed by atoms with Gasteiger partial charge >= 0.3 is 6.03 Å². The van der Waals surface area contributed by atoms with Crippen molar-refractivity contribution in [1.29, 1.82) is 0 Å². The van der Waals surface area contributed by atoms with Crippen LogP contribution in [0.3, 0.4) is 0 Å². The highest BCUT2D eigenvalue weighted by molar-refractivity contribution is 5.96. The average Bonchev–Trinajstić information content (AvgIpc) is 3.62. The monoisotopic (exact) mass is 420 g/mol. The Labute approximate surface area is 184 Å². The van der Waals surface area contributed by atoms with Gasteiger partial charge in [-0.1, -0.05) is 18.2 Å². The molecule has 2 aromatic rings. The number of rotatable bonds is 8. The second kappa shape index (κ2) is 10.1. The topological polar surface area (TPSA) is 65.5 Å². The third kappa shape index (κ3) is 6.14. The van der Waals surface area contributed by atoms with E-state index in [-0.39, 0.29) is 17.9 Å². The van der Waals surface area contributed by atoms with E-state index >= 15 is 0 Å². The highest BCUT2D eigenvalue weighted by Gasteiger charge is 2.33. The van der Waals surface area contributed by atoms with E-state index in [0.29, 0.717) is 17.2 Å². The molecular formula is C25H32N4O2. The first kappa shape index (κ1) is 21.5. The molecule has 31 heavy (non-hydrogen) atoms. The summed E-state index contributed by atoms with van der Waals surface area (Å²) in [5, 5.41) is 3.04. The third-order valence-electron chi connectivity index (χ3n) is 6.34. The zero-order valence-electron chi connectivity index (χ0n) is 18.3. The predicted molar refractivity (Wildman–Crippen MR) is 122 cm³/mol. The van der Waals surface area contributed by atoms with E-state index in [0.717, 1.165) is 51.1 Å². The summed E-state index contributed by atoms with van der Waals surface area (Å²) in [4.78, 5) is 33.8. The maximum absolute atomic E-state index is 13.2. The van der Waals surface area contributed by atoms with E-state index in [4.69, 9.17) is 0 Å². The Kier molecular flexibility index (Phi) is 6.97. The number of pyridine rings is 1. The lowest BCUT2D eigenvalue weighted by Crippen LogP contribution is -2.49. The fourth-order valence-electron chi connectivity index (χ4n) is 4.26. The second-order valence-electron chi connectivity index (χ2n) is 8.81. The lowest BCUT2D eigenvalue weighted by molar-refractivity contribution is 0.101. The number of benzene rings is 1. The molecule has 0 radical (unpaired) electrons. The number of Topliss-reactive ketones (excluding diaryl/α,β-unsaturated/α-hetero) is 1. The van der Waals surface area contributed by atoms with Gasteiger partial charge < -0.3 is 15.1 Å². The molecule has 0 bridgehead atoms. The number of hydrogen-bond acceptors (Lipinski definition) is 4. The smallest absolute Gasteiger partial charge is 0.321 e. The summed E-state index contributed by atoms with van der Waals surface area (Å²) in [6, 6.07) is 13.5. The molecule has 2 heterocycles. The van der Waals surface area contributed by atoms with Crippen molar-refractivity contribution in [2.75, 3.05) is 31.5 Å². The summed E-state index contributed by atoms with van der Waals surface area (Å²) in [6.45, 7) is 5.40. The van der Waals surface area contributed by atoms with Crippen LogP contribution in [0.4, 0.5) is 10.5 Å². The van der Waals surface area contributed by atoms with Crippen LogP contribution in [-0.2, 0) is 6.42 Å². The molecule has 1 saturated heterocycles. The normalized spacial score (nSPS) is 17.3. The fourth-order valence-corrected chi connectivity index (χ4v) is 4.26. The number of ketones is 1. The maximum atomic E-state index is 13.2. The summed E-state index contributed by atoms with van der Waals surface area (Å²) in [6.07, 6.45) is 7.23. The van der Waals surface area contributed by atoms with Crippen molar-refractivity contribution in [3.8, 4) is 0 Å². The Morgan fingerprint density at radius 2 is 1.90 bits per heavy atom. The fraction of sp³-hybridized carbons (Fsp3) is 0.480. The molecule has 2 amide bonds. The summed E-state index contributed by atoms with van der Waals surface area (Å²) < 4.78 is 0. The molecule has 1 saturated carbocycles. The highest BCUT2D eigenvalue weighted by atomic mass is 16.2. The van der Waals surface area contributed by atoms with E-state index in [1.165, 1.54) is 12.8 Å². The lowest BCUT2D eigenvalue weighted by Gasteiger charge is -2.38. The van der Waals surface area contributed by atoms with Crippen molar-refractivity contribution in [1.82, 2.24) is 14.8 Å². The summed E-state index contributed by atoms with van der Waals surface area (Å²) in [5.74, 6) is 0.639. The molecule has 2 fully saturated rings. The third-order valence-corrected chi connectivity index (χ3v) is 6.34. The van der Waals surface area contributed by atoms with Crippen molar-refractivity contribution in [2.24, 2.45) is 5.92 Å². The molecule has 1 aliphatic heterocycles. The van der Waals surface area contributed by atoms with Gasteiger partial charge in [0.1, 0.15) is 0 Å². The molecule has 4 rings (SSSR count). The van der Waals surface area contributed by atoms with Gasteiger partial charge in [-0.15, -0.1) is 0 Å². The Balaban J connectivity index is 1.33. The molecule has 6 heteroatoms. The summed E-state index contributed by atoms with van der Waals surface area (Å²) >= 11 is 0. The number of anilines is 1. The second-order valence-corrected chi connectivity index (χ2v) is 8.81. The number of likely N-dealkylation sites (tertiary alicyclic amines) is 1. The van der Waals surface area contributed by atoms with E-state index < -0.39 is 0 Å². The van der Waals surface area contributed by atoms with Crippen molar-refractivity contribution >= 4 is 17.5 Å². The zero-order valence-corrected chi connectivity index (χ0v) is 18.3. The van der Waals surface area contributed by atoms with Crippen LogP contribution in [0.2, 0.25) is 0 Å².